The zero-order valence-corrected chi connectivity index (χ0v) is 10.6. The zero-order valence-electron chi connectivity index (χ0n) is 10.6. The fourth-order valence-electron chi connectivity index (χ4n) is 2.31. The Hall–Kier alpha value is -2.76. The molecule has 0 radical (unpaired) electrons. The van der Waals surface area contributed by atoms with Crippen molar-refractivity contribution in [2.24, 2.45) is 5.16 Å². The Labute approximate surface area is 115 Å². The molecule has 20 heavy (non-hydrogen) atoms. The van der Waals surface area contributed by atoms with Gasteiger partial charge in [0.25, 0.3) is 5.91 Å². The molecule has 0 saturated carbocycles. The minimum atomic E-state index is -0.157. The first-order chi connectivity index (χ1) is 9.81. The molecule has 1 N–H and O–H groups in total. The van der Waals surface area contributed by atoms with Crippen LogP contribution in [0.3, 0.4) is 0 Å². The average Bonchev–Trinajstić information content (AvgIpc) is 2.54. The van der Waals surface area contributed by atoms with E-state index in [9.17, 15) is 4.79 Å². The summed E-state index contributed by atoms with van der Waals surface area (Å²) >= 11 is 0. The molecule has 1 amide bonds. The van der Waals surface area contributed by atoms with Gasteiger partial charge in [-0.25, -0.2) is 9.97 Å². The van der Waals surface area contributed by atoms with Crippen molar-refractivity contribution in [1.82, 2.24) is 9.97 Å². The summed E-state index contributed by atoms with van der Waals surface area (Å²) in [6.45, 7) is 0.462. The van der Waals surface area contributed by atoms with Gasteiger partial charge >= 0.3 is 0 Å². The minimum Gasteiger partial charge on any atom is -0.411 e. The normalized spacial score (nSPS) is 16.0. The van der Waals surface area contributed by atoms with Crippen molar-refractivity contribution < 1.29 is 10.0 Å². The number of benzene rings is 1. The number of amides is 1. The van der Waals surface area contributed by atoms with E-state index in [-0.39, 0.29) is 5.91 Å². The molecular formula is C14H12N4O2. The van der Waals surface area contributed by atoms with E-state index in [1.54, 1.807) is 4.90 Å². The first-order valence-corrected chi connectivity index (χ1v) is 6.18. The number of carbonyl (C=O) groups is 1. The lowest BCUT2D eigenvalue weighted by Gasteiger charge is -2.29. The first kappa shape index (κ1) is 12.3. The molecule has 1 aliphatic rings. The number of anilines is 1. The molecule has 6 heteroatoms. The number of rotatable bonds is 1. The van der Waals surface area contributed by atoms with Gasteiger partial charge in [0, 0.05) is 30.9 Å². The van der Waals surface area contributed by atoms with Gasteiger partial charge < -0.3 is 10.1 Å². The number of aromatic nitrogens is 2. The summed E-state index contributed by atoms with van der Waals surface area (Å²) < 4.78 is 0. The van der Waals surface area contributed by atoms with Crippen molar-refractivity contribution in [3.63, 3.8) is 0 Å². The van der Waals surface area contributed by atoms with E-state index in [0.717, 1.165) is 11.3 Å². The molecule has 3 rings (SSSR count). The lowest BCUT2D eigenvalue weighted by atomic mass is 9.99. The number of hydrogen-bond donors (Lipinski definition) is 1. The van der Waals surface area contributed by atoms with E-state index in [1.165, 1.54) is 18.7 Å². The van der Waals surface area contributed by atoms with Gasteiger partial charge in [0.15, 0.2) is 0 Å². The van der Waals surface area contributed by atoms with E-state index in [0.29, 0.717) is 24.2 Å². The van der Waals surface area contributed by atoms with Crippen LogP contribution in [0.15, 0.2) is 48.1 Å². The third-order valence-electron chi connectivity index (χ3n) is 3.25. The summed E-state index contributed by atoms with van der Waals surface area (Å²) in [5.74, 6) is -0.157. The minimum absolute atomic E-state index is 0.157. The Morgan fingerprint density at radius 1 is 1.25 bits per heavy atom. The maximum atomic E-state index is 12.5. The van der Waals surface area contributed by atoms with Crippen LogP contribution in [0.5, 0.6) is 0 Å². The fourth-order valence-corrected chi connectivity index (χ4v) is 2.31. The van der Waals surface area contributed by atoms with E-state index in [2.05, 4.69) is 15.1 Å². The van der Waals surface area contributed by atoms with Crippen LogP contribution >= 0.6 is 0 Å². The molecule has 1 aromatic carbocycles. The second kappa shape index (κ2) is 5.08. The third-order valence-corrected chi connectivity index (χ3v) is 3.25. The van der Waals surface area contributed by atoms with E-state index in [4.69, 9.17) is 5.21 Å². The number of fused-ring (bicyclic) bond motifs is 1. The highest BCUT2D eigenvalue weighted by Gasteiger charge is 2.27. The molecule has 6 nitrogen and oxygen atoms in total. The highest BCUT2D eigenvalue weighted by atomic mass is 16.4. The highest BCUT2D eigenvalue weighted by molar-refractivity contribution is 6.14. The van der Waals surface area contributed by atoms with Crippen LogP contribution in [0.4, 0.5) is 5.69 Å². The average molecular weight is 268 g/mol. The van der Waals surface area contributed by atoms with E-state index in [1.807, 2.05) is 24.3 Å². The van der Waals surface area contributed by atoms with E-state index < -0.39 is 0 Å². The molecule has 100 valence electrons. The van der Waals surface area contributed by atoms with Gasteiger partial charge in [-0.05, 0) is 6.07 Å². The van der Waals surface area contributed by atoms with Crippen LogP contribution in [0.25, 0.3) is 0 Å². The molecule has 0 atom stereocenters. The van der Waals surface area contributed by atoms with Crippen molar-refractivity contribution in [3.8, 4) is 0 Å². The Morgan fingerprint density at radius 2 is 2.00 bits per heavy atom. The number of carbonyl (C=O) groups excluding carboxylic acids is 1. The standard InChI is InChI=1S/C14H12N4O2/c19-14(10-7-15-9-16-8-10)18-6-5-12(17-20)11-3-1-2-4-13(11)18/h1-4,7-9,20H,5-6H2/b17-12-. The van der Waals surface area contributed by atoms with Gasteiger partial charge in [-0.3, -0.25) is 4.79 Å². The lowest BCUT2D eigenvalue weighted by Crippen LogP contribution is -2.37. The van der Waals surface area contributed by atoms with Crippen LogP contribution in [0.2, 0.25) is 0 Å². The van der Waals surface area contributed by atoms with Crippen LogP contribution in [0.1, 0.15) is 22.3 Å². The first-order valence-electron chi connectivity index (χ1n) is 6.18. The van der Waals surface area contributed by atoms with Gasteiger partial charge in [-0.2, -0.15) is 0 Å². The largest absolute Gasteiger partial charge is 0.411 e. The van der Waals surface area contributed by atoms with Crippen LogP contribution in [0, 0.1) is 0 Å². The van der Waals surface area contributed by atoms with Gasteiger partial charge in [0.05, 0.1) is 17.0 Å². The Kier molecular flexibility index (Phi) is 3.12. The molecule has 2 heterocycles. The predicted octanol–water partition coefficient (Wildman–Crippen LogP) is 1.71. The Balaban J connectivity index is 2.02. The summed E-state index contributed by atoms with van der Waals surface area (Å²) in [7, 11) is 0. The van der Waals surface area contributed by atoms with Gasteiger partial charge in [-0.15, -0.1) is 0 Å². The third kappa shape index (κ3) is 2.01. The second-order valence-electron chi connectivity index (χ2n) is 4.40. The maximum absolute atomic E-state index is 12.5. The molecule has 1 aliphatic heterocycles. The second-order valence-corrected chi connectivity index (χ2v) is 4.40. The molecule has 0 unspecified atom stereocenters. The fraction of sp³-hybridized carbons (Fsp3) is 0.143. The van der Waals surface area contributed by atoms with E-state index >= 15 is 0 Å². The summed E-state index contributed by atoms with van der Waals surface area (Å²) in [4.78, 5) is 21.9. The van der Waals surface area contributed by atoms with Crippen molar-refractivity contribution in [1.29, 1.82) is 0 Å². The van der Waals surface area contributed by atoms with Crippen molar-refractivity contribution >= 4 is 17.3 Å². The van der Waals surface area contributed by atoms with Crippen molar-refractivity contribution in [2.75, 3.05) is 11.4 Å². The molecule has 2 aromatic rings. The van der Waals surface area contributed by atoms with Gasteiger partial charge in [0.1, 0.15) is 6.33 Å². The molecule has 0 fully saturated rings. The zero-order chi connectivity index (χ0) is 13.9. The monoisotopic (exact) mass is 268 g/mol. The highest BCUT2D eigenvalue weighted by Crippen LogP contribution is 2.28. The SMILES string of the molecule is O=C(c1cncnc1)N1CC/C(=N/O)c2ccccc21. The molecular weight excluding hydrogens is 256 g/mol. The van der Waals surface area contributed by atoms with Crippen LogP contribution in [-0.2, 0) is 0 Å². The molecule has 0 spiro atoms. The molecule has 0 aliphatic carbocycles. The topological polar surface area (TPSA) is 78.7 Å². The van der Waals surface area contributed by atoms with Crippen molar-refractivity contribution in [3.05, 3.63) is 54.1 Å². The summed E-state index contributed by atoms with van der Waals surface area (Å²) in [6, 6.07) is 7.37. The summed E-state index contributed by atoms with van der Waals surface area (Å²) in [5, 5.41) is 12.4. The number of nitrogens with zero attached hydrogens (tertiary/aromatic N) is 4. The smallest absolute Gasteiger partial charge is 0.261 e. The number of oxime groups is 1. The van der Waals surface area contributed by atoms with Crippen molar-refractivity contribution in [2.45, 2.75) is 6.42 Å². The summed E-state index contributed by atoms with van der Waals surface area (Å²) in [5.41, 5.74) is 2.53. The van der Waals surface area contributed by atoms with Gasteiger partial charge in [0.2, 0.25) is 0 Å². The Morgan fingerprint density at radius 3 is 2.75 bits per heavy atom. The van der Waals surface area contributed by atoms with Crippen LogP contribution in [-0.4, -0.2) is 33.3 Å². The lowest BCUT2D eigenvalue weighted by molar-refractivity contribution is 0.0986. The summed E-state index contributed by atoms with van der Waals surface area (Å²) in [6.07, 6.45) is 4.88. The Bertz CT molecular complexity index is 670. The number of para-hydroxylation sites is 1. The molecule has 0 saturated heterocycles. The van der Waals surface area contributed by atoms with Gasteiger partial charge in [-0.1, -0.05) is 23.4 Å². The maximum Gasteiger partial charge on any atom is 0.261 e. The molecule has 1 aromatic heterocycles. The predicted molar refractivity (Wildman–Crippen MR) is 73.1 cm³/mol. The quantitative estimate of drug-likeness (QED) is 0.630. The van der Waals surface area contributed by atoms with Crippen LogP contribution < -0.4 is 4.90 Å². The number of hydrogen-bond acceptors (Lipinski definition) is 5. The molecule has 0 bridgehead atoms.